The van der Waals surface area contributed by atoms with Gasteiger partial charge in [-0.05, 0) is 62.3 Å². The summed E-state index contributed by atoms with van der Waals surface area (Å²) in [6.07, 6.45) is -0.866. The summed E-state index contributed by atoms with van der Waals surface area (Å²) in [7, 11) is 0. The summed E-state index contributed by atoms with van der Waals surface area (Å²) >= 11 is 0. The topological polar surface area (TPSA) is 166 Å². The summed E-state index contributed by atoms with van der Waals surface area (Å²) in [5.41, 5.74) is -2.91. The number of esters is 1. The zero-order valence-electron chi connectivity index (χ0n) is 22.2. The van der Waals surface area contributed by atoms with Gasteiger partial charge < -0.3 is 44.8 Å². The first kappa shape index (κ1) is 30.2. The highest BCUT2D eigenvalue weighted by Crippen LogP contribution is 2.52. The van der Waals surface area contributed by atoms with Crippen molar-refractivity contribution in [1.29, 1.82) is 0 Å². The number of benzene rings is 1. The van der Waals surface area contributed by atoms with Crippen LogP contribution in [0, 0.1) is 5.41 Å². The summed E-state index contributed by atoms with van der Waals surface area (Å²) < 4.78 is 17.3. The number of carbonyl (C=O) groups is 1. The minimum absolute atomic E-state index is 0.0758. The average molecular weight is 537 g/mol. The third-order valence-electron chi connectivity index (χ3n) is 7.66. The summed E-state index contributed by atoms with van der Waals surface area (Å²) in [5.74, 6) is -0.763. The Morgan fingerprint density at radius 1 is 1.16 bits per heavy atom. The Hall–Kier alpha value is -2.31. The standard InChI is InChI=1S/C28H40O10/c1-17(30)12-15-28(35)26(2,3)13-5-14-27(28,4)38-25-23(34)22(33)24(20(16-29)36-25)37-21(32)11-8-18-6-9-19(31)10-7-18/h6-12,15,17,20,22-25,29-31,33-35H,5,13-14,16H2,1-4H3. The molecule has 3 rings (SSSR count). The van der Waals surface area contributed by atoms with Crippen molar-refractivity contribution in [2.45, 2.75) is 95.0 Å². The van der Waals surface area contributed by atoms with Gasteiger partial charge in [0, 0.05) is 6.08 Å². The van der Waals surface area contributed by atoms with Crippen molar-refractivity contribution in [3.63, 3.8) is 0 Å². The number of ether oxygens (including phenoxy) is 3. The molecule has 0 aromatic heterocycles. The van der Waals surface area contributed by atoms with Gasteiger partial charge in [-0.25, -0.2) is 4.79 Å². The van der Waals surface area contributed by atoms with Gasteiger partial charge in [0.25, 0.3) is 0 Å². The van der Waals surface area contributed by atoms with Crippen LogP contribution in [-0.4, -0.2) is 91.2 Å². The number of hydrogen-bond acceptors (Lipinski definition) is 10. The molecule has 0 amide bonds. The molecule has 1 aliphatic heterocycles. The van der Waals surface area contributed by atoms with Crippen molar-refractivity contribution < 1.29 is 49.6 Å². The molecular weight excluding hydrogens is 496 g/mol. The van der Waals surface area contributed by atoms with Gasteiger partial charge in [-0.15, -0.1) is 0 Å². The van der Waals surface area contributed by atoms with E-state index in [-0.39, 0.29) is 5.75 Å². The van der Waals surface area contributed by atoms with Gasteiger partial charge in [-0.3, -0.25) is 0 Å². The van der Waals surface area contributed by atoms with E-state index in [0.717, 1.165) is 6.08 Å². The number of phenolic OH excluding ortho intramolecular Hbond substituents is 1. The molecule has 0 bridgehead atoms. The molecule has 8 atom stereocenters. The Balaban J connectivity index is 1.77. The molecule has 8 unspecified atom stereocenters. The quantitative estimate of drug-likeness (QED) is 0.162. The molecule has 10 heteroatoms. The number of phenols is 1. The van der Waals surface area contributed by atoms with Crippen molar-refractivity contribution in [2.24, 2.45) is 5.41 Å². The van der Waals surface area contributed by atoms with Gasteiger partial charge in [0.15, 0.2) is 12.4 Å². The highest BCUT2D eigenvalue weighted by Gasteiger charge is 2.60. The lowest BCUT2D eigenvalue weighted by Gasteiger charge is -2.57. The number of aliphatic hydroxyl groups excluding tert-OH is 4. The first-order valence-corrected chi connectivity index (χ1v) is 12.8. The molecule has 2 aliphatic rings. The normalized spacial score (nSPS) is 36.4. The Morgan fingerprint density at radius 3 is 2.42 bits per heavy atom. The minimum atomic E-state index is -1.66. The Kier molecular flexibility index (Phi) is 9.41. The van der Waals surface area contributed by atoms with Crippen molar-refractivity contribution in [3.05, 3.63) is 48.1 Å². The van der Waals surface area contributed by atoms with Crippen LogP contribution in [0.3, 0.4) is 0 Å². The molecule has 0 spiro atoms. The van der Waals surface area contributed by atoms with Crippen LogP contribution >= 0.6 is 0 Å². The summed E-state index contributed by atoms with van der Waals surface area (Å²) in [5, 5.41) is 62.7. The summed E-state index contributed by atoms with van der Waals surface area (Å²) in [6, 6.07) is 6.09. The molecule has 212 valence electrons. The van der Waals surface area contributed by atoms with Crippen molar-refractivity contribution in [2.75, 3.05) is 6.61 Å². The lowest BCUT2D eigenvalue weighted by molar-refractivity contribution is -0.352. The zero-order chi connectivity index (χ0) is 28.3. The predicted octanol–water partition coefficient (Wildman–Crippen LogP) is 1.41. The number of rotatable bonds is 8. The number of aliphatic hydroxyl groups is 5. The lowest BCUT2D eigenvalue weighted by Crippen LogP contribution is -2.67. The fourth-order valence-corrected chi connectivity index (χ4v) is 5.27. The Morgan fingerprint density at radius 2 is 1.82 bits per heavy atom. The monoisotopic (exact) mass is 536 g/mol. The molecule has 0 radical (unpaired) electrons. The van der Waals surface area contributed by atoms with Crippen LogP contribution in [0.2, 0.25) is 0 Å². The summed E-state index contributed by atoms with van der Waals surface area (Å²) in [4.78, 5) is 12.4. The van der Waals surface area contributed by atoms with Crippen LogP contribution in [0.4, 0.5) is 0 Å². The average Bonchev–Trinajstić information content (AvgIpc) is 2.85. The predicted molar refractivity (Wildman–Crippen MR) is 138 cm³/mol. The van der Waals surface area contributed by atoms with E-state index in [2.05, 4.69) is 0 Å². The second-order valence-electron chi connectivity index (χ2n) is 11.0. The van der Waals surface area contributed by atoms with E-state index in [1.807, 2.05) is 13.8 Å². The van der Waals surface area contributed by atoms with Crippen molar-refractivity contribution in [3.8, 4) is 5.75 Å². The zero-order valence-corrected chi connectivity index (χ0v) is 22.2. The lowest BCUT2D eigenvalue weighted by atomic mass is 9.58. The van der Waals surface area contributed by atoms with E-state index in [0.29, 0.717) is 24.8 Å². The fraction of sp³-hybridized carbons (Fsp3) is 0.607. The molecular formula is C28H40O10. The Labute approximate surface area is 222 Å². The maximum atomic E-state index is 12.4. The third-order valence-corrected chi connectivity index (χ3v) is 7.66. The number of carbonyl (C=O) groups excluding carboxylic acids is 1. The second kappa shape index (κ2) is 11.8. The van der Waals surface area contributed by atoms with Crippen LogP contribution in [0.15, 0.2) is 42.5 Å². The van der Waals surface area contributed by atoms with E-state index in [1.165, 1.54) is 30.4 Å². The van der Waals surface area contributed by atoms with E-state index in [4.69, 9.17) is 14.2 Å². The SMILES string of the molecule is CC(O)C=CC1(O)C(C)(C)CCCC1(C)OC1OC(CO)C(OC(=O)C=Cc2ccc(O)cc2)C(O)C1O. The molecule has 38 heavy (non-hydrogen) atoms. The van der Waals surface area contributed by atoms with Gasteiger partial charge in [-0.2, -0.15) is 0 Å². The van der Waals surface area contributed by atoms with Crippen LogP contribution < -0.4 is 0 Å². The van der Waals surface area contributed by atoms with E-state index in [9.17, 15) is 35.4 Å². The molecule has 1 aliphatic carbocycles. The highest BCUT2D eigenvalue weighted by molar-refractivity contribution is 5.87. The first-order chi connectivity index (χ1) is 17.7. The van der Waals surface area contributed by atoms with Crippen LogP contribution in [-0.2, 0) is 19.0 Å². The van der Waals surface area contributed by atoms with Crippen LogP contribution in [0.25, 0.3) is 6.08 Å². The van der Waals surface area contributed by atoms with E-state index < -0.39 is 66.0 Å². The largest absolute Gasteiger partial charge is 0.508 e. The van der Waals surface area contributed by atoms with Crippen LogP contribution in [0.1, 0.15) is 52.5 Å². The molecule has 2 fully saturated rings. The highest BCUT2D eigenvalue weighted by atomic mass is 16.7. The van der Waals surface area contributed by atoms with Crippen molar-refractivity contribution >= 4 is 12.0 Å². The first-order valence-electron chi connectivity index (χ1n) is 12.8. The van der Waals surface area contributed by atoms with Crippen LogP contribution in [0.5, 0.6) is 5.75 Å². The van der Waals surface area contributed by atoms with Gasteiger partial charge in [0.05, 0.1) is 12.7 Å². The number of aromatic hydroxyl groups is 1. The van der Waals surface area contributed by atoms with Gasteiger partial charge in [-0.1, -0.05) is 38.1 Å². The number of hydrogen-bond donors (Lipinski definition) is 6. The van der Waals surface area contributed by atoms with Crippen molar-refractivity contribution in [1.82, 2.24) is 0 Å². The second-order valence-corrected chi connectivity index (χ2v) is 11.0. The van der Waals surface area contributed by atoms with Gasteiger partial charge in [0.2, 0.25) is 0 Å². The fourth-order valence-electron chi connectivity index (χ4n) is 5.27. The van der Waals surface area contributed by atoms with E-state index >= 15 is 0 Å². The molecule has 1 heterocycles. The molecule has 1 aromatic carbocycles. The molecule has 1 saturated heterocycles. The summed E-state index contributed by atoms with van der Waals surface area (Å²) in [6.45, 7) is 6.36. The maximum absolute atomic E-state index is 12.4. The van der Waals surface area contributed by atoms with Gasteiger partial charge in [0.1, 0.15) is 35.3 Å². The smallest absolute Gasteiger partial charge is 0.331 e. The molecule has 10 nitrogen and oxygen atoms in total. The van der Waals surface area contributed by atoms with E-state index in [1.54, 1.807) is 26.0 Å². The molecule has 6 N–H and O–H groups in total. The molecule has 1 saturated carbocycles. The minimum Gasteiger partial charge on any atom is -0.508 e. The molecule has 1 aromatic rings. The third kappa shape index (κ3) is 6.28. The van der Waals surface area contributed by atoms with Gasteiger partial charge >= 0.3 is 5.97 Å². The maximum Gasteiger partial charge on any atom is 0.331 e. The Bertz CT molecular complexity index is 1000.